The third-order valence-corrected chi connectivity index (χ3v) is 5.05. The van der Waals surface area contributed by atoms with E-state index in [1.807, 2.05) is 18.0 Å². The van der Waals surface area contributed by atoms with E-state index in [9.17, 15) is 4.79 Å². The average molecular weight is 311 g/mol. The third-order valence-electron chi connectivity index (χ3n) is 5.05. The fourth-order valence-corrected chi connectivity index (χ4v) is 3.30. The molecule has 1 amide bonds. The van der Waals surface area contributed by atoms with Gasteiger partial charge < -0.3 is 4.90 Å². The Morgan fingerprint density at radius 2 is 1.87 bits per heavy atom. The van der Waals surface area contributed by atoms with Crippen molar-refractivity contribution in [3.05, 3.63) is 41.1 Å². The minimum absolute atomic E-state index is 0.0412. The van der Waals surface area contributed by atoms with Crippen molar-refractivity contribution in [2.45, 2.75) is 52.0 Å². The van der Waals surface area contributed by atoms with Crippen LogP contribution in [0.15, 0.2) is 24.3 Å². The Labute approximate surface area is 137 Å². The zero-order valence-corrected chi connectivity index (χ0v) is 14.2. The number of hydrogen-bond acceptors (Lipinski definition) is 2. The van der Waals surface area contributed by atoms with E-state index < -0.39 is 0 Å². The summed E-state index contributed by atoms with van der Waals surface area (Å²) in [7, 11) is 1.91. The van der Waals surface area contributed by atoms with E-state index in [-0.39, 0.29) is 5.91 Å². The quantitative estimate of drug-likeness (QED) is 0.928. The van der Waals surface area contributed by atoms with Gasteiger partial charge in [-0.25, -0.2) is 0 Å². The van der Waals surface area contributed by atoms with Crippen LogP contribution in [0.2, 0.25) is 0 Å². The summed E-state index contributed by atoms with van der Waals surface area (Å²) in [6.07, 6.45) is 5.96. The summed E-state index contributed by atoms with van der Waals surface area (Å²) < 4.78 is 0. The number of nitrogens with one attached hydrogen (secondary N) is 1. The van der Waals surface area contributed by atoms with E-state index in [2.05, 4.69) is 42.2 Å². The molecule has 4 heteroatoms. The number of aromatic amines is 1. The first-order chi connectivity index (χ1) is 11.1. The maximum absolute atomic E-state index is 12.7. The van der Waals surface area contributed by atoms with Crippen LogP contribution in [0.5, 0.6) is 0 Å². The van der Waals surface area contributed by atoms with Crippen molar-refractivity contribution in [3.8, 4) is 11.3 Å². The fourth-order valence-electron chi connectivity index (χ4n) is 3.30. The molecule has 0 spiro atoms. The largest absolute Gasteiger partial charge is 0.337 e. The number of aromatic nitrogens is 2. The van der Waals surface area contributed by atoms with Gasteiger partial charge in [0.25, 0.3) is 5.91 Å². The second kappa shape index (κ2) is 6.57. The number of carbonyl (C=O) groups is 1. The Morgan fingerprint density at radius 3 is 2.57 bits per heavy atom. The Bertz CT molecular complexity index is 698. The molecule has 1 aromatic carbocycles. The molecule has 2 aromatic rings. The summed E-state index contributed by atoms with van der Waals surface area (Å²) in [5.74, 6) is 0.0412. The van der Waals surface area contributed by atoms with Gasteiger partial charge in [0, 0.05) is 18.7 Å². The zero-order valence-electron chi connectivity index (χ0n) is 14.2. The van der Waals surface area contributed by atoms with Gasteiger partial charge in [0.05, 0.1) is 5.69 Å². The Hall–Kier alpha value is -2.10. The first kappa shape index (κ1) is 15.8. The zero-order chi connectivity index (χ0) is 16.4. The van der Waals surface area contributed by atoms with Crippen LogP contribution in [0.3, 0.4) is 0 Å². The summed E-state index contributed by atoms with van der Waals surface area (Å²) in [5.41, 5.74) is 4.94. The molecular weight excluding hydrogens is 286 g/mol. The first-order valence-electron chi connectivity index (χ1n) is 8.46. The van der Waals surface area contributed by atoms with Crippen LogP contribution < -0.4 is 0 Å². The van der Waals surface area contributed by atoms with Crippen molar-refractivity contribution in [2.75, 3.05) is 7.05 Å². The van der Waals surface area contributed by atoms with Crippen molar-refractivity contribution < 1.29 is 4.79 Å². The van der Waals surface area contributed by atoms with Crippen LogP contribution in [-0.2, 0) is 0 Å². The summed E-state index contributed by atoms with van der Waals surface area (Å²) in [5, 5.41) is 7.25. The second-order valence-corrected chi connectivity index (χ2v) is 6.67. The number of amides is 1. The number of H-pyrrole nitrogens is 1. The first-order valence-corrected chi connectivity index (χ1v) is 8.46. The van der Waals surface area contributed by atoms with Gasteiger partial charge in [-0.2, -0.15) is 5.10 Å². The van der Waals surface area contributed by atoms with Crippen LogP contribution in [-0.4, -0.2) is 34.1 Å². The highest BCUT2D eigenvalue weighted by Gasteiger charge is 2.24. The molecule has 1 fully saturated rings. The molecule has 0 radical (unpaired) electrons. The lowest BCUT2D eigenvalue weighted by Gasteiger charge is -2.30. The molecule has 4 nitrogen and oxygen atoms in total. The van der Waals surface area contributed by atoms with Crippen LogP contribution in [0.4, 0.5) is 0 Å². The molecule has 3 rings (SSSR count). The summed E-state index contributed by atoms with van der Waals surface area (Å²) >= 11 is 0. The van der Waals surface area contributed by atoms with Crippen LogP contribution in [0.25, 0.3) is 11.3 Å². The molecule has 0 aliphatic heterocycles. The number of aryl methyl sites for hydroxylation is 2. The minimum atomic E-state index is 0.0412. The van der Waals surface area contributed by atoms with Gasteiger partial charge >= 0.3 is 0 Å². The van der Waals surface area contributed by atoms with Gasteiger partial charge in [-0.1, -0.05) is 31.4 Å². The van der Waals surface area contributed by atoms with Crippen molar-refractivity contribution >= 4 is 5.91 Å². The predicted octanol–water partition coefficient (Wildman–Crippen LogP) is 4.10. The van der Waals surface area contributed by atoms with Crippen molar-refractivity contribution in [2.24, 2.45) is 0 Å². The molecule has 0 saturated heterocycles. The fraction of sp³-hybridized carbons (Fsp3) is 0.474. The topological polar surface area (TPSA) is 49.0 Å². The highest BCUT2D eigenvalue weighted by molar-refractivity contribution is 5.93. The van der Waals surface area contributed by atoms with Gasteiger partial charge in [0.15, 0.2) is 0 Å². The summed E-state index contributed by atoms with van der Waals surface area (Å²) in [4.78, 5) is 14.6. The number of hydrogen-bond donors (Lipinski definition) is 1. The maximum Gasteiger partial charge on any atom is 0.271 e. The smallest absolute Gasteiger partial charge is 0.271 e. The second-order valence-electron chi connectivity index (χ2n) is 6.67. The van der Waals surface area contributed by atoms with Gasteiger partial charge in [-0.05, 0) is 49.9 Å². The molecule has 0 atom stereocenters. The highest BCUT2D eigenvalue weighted by Crippen LogP contribution is 2.24. The molecule has 23 heavy (non-hydrogen) atoms. The van der Waals surface area contributed by atoms with Crippen molar-refractivity contribution in [1.82, 2.24) is 15.1 Å². The number of nitrogens with zero attached hydrogens (tertiary/aromatic N) is 2. The van der Waals surface area contributed by atoms with Crippen molar-refractivity contribution in [3.63, 3.8) is 0 Å². The Kier molecular flexibility index (Phi) is 4.51. The number of rotatable bonds is 3. The van der Waals surface area contributed by atoms with Gasteiger partial charge in [0.2, 0.25) is 0 Å². The van der Waals surface area contributed by atoms with E-state index >= 15 is 0 Å². The average Bonchev–Trinajstić information content (AvgIpc) is 3.07. The van der Waals surface area contributed by atoms with Crippen LogP contribution in [0, 0.1) is 13.8 Å². The summed E-state index contributed by atoms with van der Waals surface area (Å²) in [6, 6.07) is 8.49. The van der Waals surface area contributed by atoms with E-state index in [4.69, 9.17) is 0 Å². The normalized spacial score (nSPS) is 15.6. The molecule has 1 aliphatic carbocycles. The lowest BCUT2D eigenvalue weighted by molar-refractivity contribution is 0.0690. The van der Waals surface area contributed by atoms with Crippen LogP contribution >= 0.6 is 0 Å². The maximum atomic E-state index is 12.7. The molecule has 1 heterocycles. The van der Waals surface area contributed by atoms with Gasteiger partial charge in [-0.3, -0.25) is 9.89 Å². The number of carbonyl (C=O) groups excluding carboxylic acids is 1. The SMILES string of the molecule is Cc1ccc(-c2cc(C(=O)N(C)C3CCCCC3)[nH]n2)cc1C. The minimum Gasteiger partial charge on any atom is -0.337 e. The van der Waals surface area contributed by atoms with E-state index in [1.165, 1.54) is 30.4 Å². The molecule has 1 aromatic heterocycles. The lowest BCUT2D eigenvalue weighted by atomic mass is 9.94. The van der Waals surface area contributed by atoms with E-state index in [1.54, 1.807) is 0 Å². The standard InChI is InChI=1S/C19H25N3O/c1-13-9-10-15(11-14(13)2)17-12-18(21-20-17)19(23)22(3)16-7-5-4-6-8-16/h9-12,16H,4-8H2,1-3H3,(H,20,21). The van der Waals surface area contributed by atoms with E-state index in [0.717, 1.165) is 24.1 Å². The predicted molar refractivity (Wildman–Crippen MR) is 92.5 cm³/mol. The Balaban J connectivity index is 1.77. The van der Waals surface area contributed by atoms with Crippen LogP contribution in [0.1, 0.15) is 53.7 Å². The van der Waals surface area contributed by atoms with Gasteiger partial charge in [0.1, 0.15) is 5.69 Å². The van der Waals surface area contributed by atoms with E-state index in [0.29, 0.717) is 11.7 Å². The molecule has 1 saturated carbocycles. The molecule has 0 bridgehead atoms. The monoisotopic (exact) mass is 311 g/mol. The molecule has 1 aliphatic rings. The molecule has 0 unspecified atom stereocenters. The molecule has 1 N–H and O–H groups in total. The lowest BCUT2D eigenvalue weighted by Crippen LogP contribution is -2.38. The Morgan fingerprint density at radius 1 is 1.13 bits per heavy atom. The van der Waals surface area contributed by atoms with Crippen molar-refractivity contribution in [1.29, 1.82) is 0 Å². The molecular formula is C19H25N3O. The van der Waals surface area contributed by atoms with Gasteiger partial charge in [-0.15, -0.1) is 0 Å². The highest BCUT2D eigenvalue weighted by atomic mass is 16.2. The third kappa shape index (κ3) is 3.31. The molecule has 122 valence electrons. The summed E-state index contributed by atoms with van der Waals surface area (Å²) in [6.45, 7) is 4.19. The number of benzene rings is 1.